The Morgan fingerprint density at radius 3 is 2.42 bits per heavy atom. The van der Waals surface area contributed by atoms with E-state index in [1.807, 2.05) is 29.6 Å². The number of amides is 2. The van der Waals surface area contributed by atoms with E-state index in [-0.39, 0.29) is 6.54 Å². The van der Waals surface area contributed by atoms with Gasteiger partial charge in [-0.3, -0.25) is 9.59 Å². The van der Waals surface area contributed by atoms with Crippen LogP contribution in [0.15, 0.2) is 36.4 Å². The molecule has 0 spiro atoms. The van der Waals surface area contributed by atoms with E-state index in [1.54, 1.807) is 0 Å². The third-order valence-electron chi connectivity index (χ3n) is 3.90. The van der Waals surface area contributed by atoms with Gasteiger partial charge in [0.2, 0.25) is 0 Å². The summed E-state index contributed by atoms with van der Waals surface area (Å²) in [5.74, 6) is -6.57. The first-order chi connectivity index (χ1) is 11.5. The Morgan fingerprint density at radius 1 is 0.958 bits per heavy atom. The fourth-order valence-corrected chi connectivity index (χ4v) is 2.61. The summed E-state index contributed by atoms with van der Waals surface area (Å²) in [5.41, 5.74) is 1.46. The Kier molecular flexibility index (Phi) is 4.24. The Bertz CT molecular complexity index is 823. The summed E-state index contributed by atoms with van der Waals surface area (Å²) in [5, 5.41) is 1.99. The van der Waals surface area contributed by atoms with Gasteiger partial charge in [-0.2, -0.15) is 0 Å². The van der Waals surface area contributed by atoms with Crippen LogP contribution in [0.25, 0.3) is 0 Å². The van der Waals surface area contributed by atoms with Crippen LogP contribution in [0.3, 0.4) is 0 Å². The Hall–Kier alpha value is -2.83. The molecule has 0 saturated heterocycles. The van der Waals surface area contributed by atoms with Gasteiger partial charge in [0, 0.05) is 13.1 Å². The summed E-state index contributed by atoms with van der Waals surface area (Å²) in [7, 11) is 0. The quantitative estimate of drug-likeness (QED) is 0.644. The lowest BCUT2D eigenvalue weighted by Gasteiger charge is -2.28. The van der Waals surface area contributed by atoms with Gasteiger partial charge in [0.25, 0.3) is 0 Å². The summed E-state index contributed by atoms with van der Waals surface area (Å²) in [6, 6.07) is 9.09. The van der Waals surface area contributed by atoms with Crippen molar-refractivity contribution in [2.75, 3.05) is 11.9 Å². The number of benzene rings is 2. The summed E-state index contributed by atoms with van der Waals surface area (Å²) in [6.07, 6.45) is 0.606. The highest BCUT2D eigenvalue weighted by Gasteiger charge is 2.26. The van der Waals surface area contributed by atoms with Crippen LogP contribution in [0.4, 0.5) is 18.9 Å². The van der Waals surface area contributed by atoms with Gasteiger partial charge in [-0.15, -0.1) is 0 Å². The van der Waals surface area contributed by atoms with Crippen molar-refractivity contribution in [3.63, 3.8) is 0 Å². The number of hydrogen-bond acceptors (Lipinski definition) is 2. The minimum absolute atomic E-state index is 0.267. The fraction of sp³-hybridized carbons (Fsp3) is 0.176. The van der Waals surface area contributed by atoms with E-state index < -0.39 is 35.0 Å². The maximum absolute atomic E-state index is 13.6. The molecular weight excluding hydrogens is 321 g/mol. The highest BCUT2D eigenvalue weighted by molar-refractivity contribution is 6.39. The van der Waals surface area contributed by atoms with Crippen LogP contribution in [0.1, 0.15) is 11.1 Å². The van der Waals surface area contributed by atoms with E-state index in [9.17, 15) is 22.8 Å². The Labute approximate surface area is 135 Å². The molecule has 2 amide bonds. The normalized spacial score (nSPS) is 13.4. The maximum atomic E-state index is 13.6. The minimum atomic E-state index is -1.70. The third kappa shape index (κ3) is 2.97. The summed E-state index contributed by atoms with van der Waals surface area (Å²) < 4.78 is 39.6. The van der Waals surface area contributed by atoms with Crippen LogP contribution in [-0.4, -0.2) is 23.3 Å². The van der Waals surface area contributed by atoms with Crippen LogP contribution in [0, 0.1) is 17.5 Å². The highest BCUT2D eigenvalue weighted by atomic mass is 19.2. The lowest BCUT2D eigenvalue weighted by molar-refractivity contribution is -0.143. The van der Waals surface area contributed by atoms with Crippen molar-refractivity contribution >= 4 is 17.5 Å². The lowest BCUT2D eigenvalue weighted by atomic mass is 10.00. The predicted octanol–water partition coefficient (Wildman–Crippen LogP) is 2.63. The average molecular weight is 334 g/mol. The number of halogens is 3. The molecule has 2 aromatic rings. The van der Waals surface area contributed by atoms with Crippen LogP contribution in [0.2, 0.25) is 0 Å². The number of anilines is 1. The van der Waals surface area contributed by atoms with Gasteiger partial charge in [-0.25, -0.2) is 13.2 Å². The van der Waals surface area contributed by atoms with Crippen LogP contribution < -0.4 is 5.32 Å². The Balaban J connectivity index is 1.72. The van der Waals surface area contributed by atoms with E-state index in [2.05, 4.69) is 0 Å². The molecule has 0 atom stereocenters. The van der Waals surface area contributed by atoms with Gasteiger partial charge in [-0.05, 0) is 29.7 Å². The molecule has 0 unspecified atom stereocenters. The topological polar surface area (TPSA) is 49.4 Å². The second-order valence-corrected chi connectivity index (χ2v) is 5.42. The van der Waals surface area contributed by atoms with Gasteiger partial charge in [0.15, 0.2) is 17.5 Å². The molecule has 0 bridgehead atoms. The third-order valence-corrected chi connectivity index (χ3v) is 3.90. The first-order valence-corrected chi connectivity index (χ1v) is 7.28. The molecule has 7 heteroatoms. The molecule has 0 radical (unpaired) electrons. The monoisotopic (exact) mass is 334 g/mol. The molecular formula is C17H13F3N2O2. The SMILES string of the molecule is O=C(Nc1ccc(F)c(F)c1F)C(=O)N1CCc2ccccc2C1. The molecule has 0 aliphatic carbocycles. The zero-order chi connectivity index (χ0) is 17.3. The van der Waals surface area contributed by atoms with Crippen molar-refractivity contribution in [2.45, 2.75) is 13.0 Å². The minimum Gasteiger partial charge on any atom is -0.330 e. The number of nitrogens with zero attached hydrogens (tertiary/aromatic N) is 1. The molecule has 24 heavy (non-hydrogen) atoms. The average Bonchev–Trinajstić information content (AvgIpc) is 2.61. The van der Waals surface area contributed by atoms with E-state index in [4.69, 9.17) is 0 Å². The van der Waals surface area contributed by atoms with Gasteiger partial charge in [-0.1, -0.05) is 24.3 Å². The molecule has 1 heterocycles. The zero-order valence-corrected chi connectivity index (χ0v) is 12.5. The molecule has 3 rings (SSSR count). The molecule has 124 valence electrons. The molecule has 4 nitrogen and oxygen atoms in total. The number of nitrogens with one attached hydrogen (secondary N) is 1. The molecule has 0 aromatic heterocycles. The molecule has 2 aromatic carbocycles. The van der Waals surface area contributed by atoms with Crippen LogP contribution in [-0.2, 0) is 22.6 Å². The second kappa shape index (κ2) is 6.35. The maximum Gasteiger partial charge on any atom is 0.313 e. The van der Waals surface area contributed by atoms with Gasteiger partial charge >= 0.3 is 11.8 Å². The predicted molar refractivity (Wildman–Crippen MR) is 80.5 cm³/mol. The van der Waals surface area contributed by atoms with Crippen LogP contribution in [0.5, 0.6) is 0 Å². The first-order valence-electron chi connectivity index (χ1n) is 7.28. The molecule has 0 saturated carbocycles. The number of carbonyl (C=O) groups is 2. The van der Waals surface area contributed by atoms with Gasteiger partial charge in [0.1, 0.15) is 0 Å². The van der Waals surface area contributed by atoms with Crippen molar-refractivity contribution in [3.8, 4) is 0 Å². The van der Waals surface area contributed by atoms with E-state index >= 15 is 0 Å². The fourth-order valence-electron chi connectivity index (χ4n) is 2.61. The van der Waals surface area contributed by atoms with Crippen molar-refractivity contribution in [1.29, 1.82) is 0 Å². The summed E-state index contributed by atoms with van der Waals surface area (Å²) in [6.45, 7) is 0.617. The smallest absolute Gasteiger partial charge is 0.313 e. The van der Waals surface area contributed by atoms with E-state index in [1.165, 1.54) is 4.90 Å². The highest BCUT2D eigenvalue weighted by Crippen LogP contribution is 2.21. The number of rotatable bonds is 1. The van der Waals surface area contributed by atoms with Crippen molar-refractivity contribution in [1.82, 2.24) is 4.90 Å². The van der Waals surface area contributed by atoms with Gasteiger partial charge < -0.3 is 10.2 Å². The Morgan fingerprint density at radius 2 is 1.67 bits per heavy atom. The van der Waals surface area contributed by atoms with Crippen molar-refractivity contribution in [3.05, 3.63) is 65.0 Å². The number of hydrogen-bond donors (Lipinski definition) is 1. The van der Waals surface area contributed by atoms with Crippen molar-refractivity contribution < 1.29 is 22.8 Å². The number of carbonyl (C=O) groups excluding carboxylic acids is 2. The zero-order valence-electron chi connectivity index (χ0n) is 12.5. The standard InChI is InChI=1S/C17H13F3N2O2/c18-12-5-6-13(15(20)14(12)19)21-16(23)17(24)22-8-7-10-3-1-2-4-11(10)9-22/h1-6H,7-9H2,(H,21,23). The first kappa shape index (κ1) is 16.0. The number of fused-ring (bicyclic) bond motifs is 1. The molecule has 1 aliphatic rings. The summed E-state index contributed by atoms with van der Waals surface area (Å²) >= 11 is 0. The molecule has 1 aliphatic heterocycles. The lowest BCUT2D eigenvalue weighted by Crippen LogP contribution is -2.42. The van der Waals surface area contributed by atoms with E-state index in [0.717, 1.165) is 17.2 Å². The molecule has 0 fully saturated rings. The second-order valence-electron chi connectivity index (χ2n) is 5.42. The molecule has 1 N–H and O–H groups in total. The summed E-state index contributed by atoms with van der Waals surface area (Å²) in [4.78, 5) is 25.5. The largest absolute Gasteiger partial charge is 0.330 e. The van der Waals surface area contributed by atoms with Crippen LogP contribution >= 0.6 is 0 Å². The van der Waals surface area contributed by atoms with E-state index in [0.29, 0.717) is 19.0 Å². The van der Waals surface area contributed by atoms with Gasteiger partial charge in [0.05, 0.1) is 5.69 Å². The van der Waals surface area contributed by atoms with Crippen molar-refractivity contribution in [2.24, 2.45) is 0 Å².